The van der Waals surface area contributed by atoms with Crippen LogP contribution in [0.2, 0.25) is 10.0 Å². The Labute approximate surface area is 404 Å². The number of alkyl halides is 1. The van der Waals surface area contributed by atoms with Crippen LogP contribution in [0.5, 0.6) is 17.5 Å². The zero-order valence-electron chi connectivity index (χ0n) is 35.4. The number of anilines is 1. The van der Waals surface area contributed by atoms with Gasteiger partial charge in [0.2, 0.25) is 10.7 Å². The van der Waals surface area contributed by atoms with Crippen LogP contribution in [0.1, 0.15) is 18.7 Å². The van der Waals surface area contributed by atoms with Crippen molar-refractivity contribution in [2.45, 2.75) is 42.6 Å². The number of aliphatic carboxylic acids is 1. The Kier molecular flexibility index (Phi) is 19.1. The normalized spacial score (nSPS) is 12.1. The molecule has 7 rings (SSSR count). The number of benzene rings is 3. The molecule has 1 aliphatic heterocycles. The lowest BCUT2D eigenvalue weighted by molar-refractivity contribution is -0.139. The van der Waals surface area contributed by atoms with E-state index in [1.807, 2.05) is 4.72 Å². The monoisotopic (exact) mass is 1040 g/mol. The SMILES string of the molecule is COC(=O)CSc1cc(N=c2sc(=O)n3n2CCCC3)c(F)cc1Cl.COc1nc(C)nc(NC(=O)NS(=O)(=O)c2ccccc2OCCCl)n1.O=C(O)COc1ccc(Cl)c2cccnc12. The lowest BCUT2D eigenvalue weighted by Gasteiger charge is -2.15. The highest BCUT2D eigenvalue weighted by atomic mass is 35.5. The molecule has 3 N–H and O–H groups in total. The van der Waals surface area contributed by atoms with E-state index in [-0.39, 0.29) is 62.3 Å². The number of rotatable bonds is 14. The Hall–Kier alpha value is -6.05. The highest BCUT2D eigenvalue weighted by Gasteiger charge is 2.23. The molecule has 67 heavy (non-hydrogen) atoms. The summed E-state index contributed by atoms with van der Waals surface area (Å²) in [6.07, 6.45) is 3.50. The van der Waals surface area contributed by atoms with Crippen molar-refractivity contribution in [1.29, 1.82) is 0 Å². The first-order valence-electron chi connectivity index (χ1n) is 19.3. The molecule has 2 amide bonds. The van der Waals surface area contributed by atoms with E-state index in [0.717, 1.165) is 47.4 Å². The van der Waals surface area contributed by atoms with Gasteiger partial charge in [-0.05, 0) is 79.6 Å². The molecule has 0 unspecified atom stereocenters. The zero-order chi connectivity index (χ0) is 48.7. The summed E-state index contributed by atoms with van der Waals surface area (Å²) >= 11 is 19.7. The van der Waals surface area contributed by atoms with E-state index in [1.165, 1.54) is 38.5 Å². The summed E-state index contributed by atoms with van der Waals surface area (Å²) in [6, 6.07) is 14.3. The van der Waals surface area contributed by atoms with Crippen LogP contribution in [0, 0.1) is 12.7 Å². The van der Waals surface area contributed by atoms with Gasteiger partial charge in [0.15, 0.2) is 6.61 Å². The van der Waals surface area contributed by atoms with Crippen LogP contribution in [0.25, 0.3) is 10.9 Å². The molecule has 356 valence electrons. The third-order valence-corrected chi connectivity index (χ3v) is 12.7. The number of sulfonamides is 1. The molecular formula is C40H39Cl3FN9O11S3. The highest BCUT2D eigenvalue weighted by Crippen LogP contribution is 2.33. The average Bonchev–Trinajstić information content (AvgIpc) is 3.62. The van der Waals surface area contributed by atoms with Crippen LogP contribution in [0.4, 0.5) is 20.8 Å². The fourth-order valence-corrected chi connectivity index (χ4v) is 8.98. The number of halogens is 4. The molecular weight excluding hydrogens is 1000 g/mol. The van der Waals surface area contributed by atoms with Gasteiger partial charge in [-0.15, -0.1) is 23.4 Å². The standard InChI is InChI=1S/C15H15ClFN3O3S2.C14H16ClN5O5S.C11H8ClNO3/c1-23-13(21)8-24-12-7-11(10(17)6-9(12)16)18-14-19-4-2-3-5-20(19)15(22)25-14;1-9-16-12(19-14(17-9)24-2)18-13(21)20-26(22,23)11-6-4-3-5-10(11)25-8-7-15;12-8-3-4-9(16-6-10(14)15)11-7(8)2-1-5-13-11/h6-7H,2-5,8H2,1H3;3-6H,7-8H2,1-2H3,(H2,16,17,18,19,20,21);1-5H,6H2,(H,14,15). The van der Waals surface area contributed by atoms with Crippen LogP contribution < -0.4 is 33.9 Å². The van der Waals surface area contributed by atoms with Gasteiger partial charge in [-0.1, -0.05) is 35.3 Å². The molecule has 0 aliphatic carbocycles. The maximum Gasteiger partial charge on any atom is 0.341 e. The quantitative estimate of drug-likeness (QED) is 0.0601. The number of methoxy groups -OCH3 is 2. The fraction of sp³-hybridized carbons (Fsp3) is 0.275. The molecule has 0 fully saturated rings. The summed E-state index contributed by atoms with van der Waals surface area (Å²) in [5.74, 6) is -1.15. The molecule has 3 aromatic carbocycles. The van der Waals surface area contributed by atoms with Gasteiger partial charge in [0.05, 0.1) is 35.9 Å². The number of pyridine rings is 1. The molecule has 4 heterocycles. The highest BCUT2D eigenvalue weighted by molar-refractivity contribution is 8.00. The Morgan fingerprint density at radius 2 is 1.72 bits per heavy atom. The number of hydrogen-bond donors (Lipinski definition) is 3. The van der Waals surface area contributed by atoms with Crippen molar-refractivity contribution in [2.24, 2.45) is 4.99 Å². The number of fused-ring (bicyclic) bond motifs is 2. The number of esters is 1. The lowest BCUT2D eigenvalue weighted by Crippen LogP contribution is -2.35. The van der Waals surface area contributed by atoms with E-state index in [4.69, 9.17) is 54.1 Å². The maximum atomic E-state index is 14.3. The molecule has 0 saturated carbocycles. The van der Waals surface area contributed by atoms with Crippen molar-refractivity contribution >= 4 is 108 Å². The molecule has 6 aromatic rings. The number of nitrogens with zero attached hydrogens (tertiary/aromatic N) is 7. The number of amides is 2. The van der Waals surface area contributed by atoms with E-state index < -0.39 is 40.4 Å². The van der Waals surface area contributed by atoms with Crippen LogP contribution in [-0.2, 0) is 37.4 Å². The maximum absolute atomic E-state index is 14.3. The Balaban J connectivity index is 0.000000193. The molecule has 0 radical (unpaired) electrons. The van der Waals surface area contributed by atoms with Crippen LogP contribution in [0.3, 0.4) is 0 Å². The van der Waals surface area contributed by atoms with Gasteiger partial charge in [0.1, 0.15) is 45.8 Å². The molecule has 0 atom stereocenters. The summed E-state index contributed by atoms with van der Waals surface area (Å²) < 4.78 is 64.3. The minimum absolute atomic E-state index is 0.0181. The number of ether oxygens (including phenoxy) is 4. The number of carboxylic acids is 1. The van der Waals surface area contributed by atoms with Gasteiger partial charge in [-0.2, -0.15) is 15.0 Å². The van der Waals surface area contributed by atoms with E-state index in [2.05, 4.69) is 35.0 Å². The molecule has 20 nitrogen and oxygen atoms in total. The predicted molar refractivity (Wildman–Crippen MR) is 248 cm³/mol. The number of urea groups is 1. The van der Waals surface area contributed by atoms with Crippen molar-refractivity contribution in [1.82, 2.24) is 34.0 Å². The van der Waals surface area contributed by atoms with Crippen LogP contribution in [0.15, 0.2) is 86.4 Å². The van der Waals surface area contributed by atoms with Gasteiger partial charge in [0, 0.05) is 29.6 Å². The molecule has 0 bridgehead atoms. The van der Waals surface area contributed by atoms with Crippen molar-refractivity contribution in [2.75, 3.05) is 44.4 Å². The van der Waals surface area contributed by atoms with Crippen molar-refractivity contribution in [3.63, 3.8) is 0 Å². The summed E-state index contributed by atoms with van der Waals surface area (Å²) in [7, 11) is -1.55. The van der Waals surface area contributed by atoms with E-state index in [0.29, 0.717) is 39.1 Å². The Bertz CT molecular complexity index is 3000. The number of thioether (sulfide) groups is 1. The first-order valence-corrected chi connectivity index (χ1v) is 23.9. The minimum Gasteiger partial charge on any atom is -0.491 e. The molecule has 3 aromatic heterocycles. The van der Waals surface area contributed by atoms with Crippen LogP contribution >= 0.6 is 57.9 Å². The second kappa shape index (κ2) is 24.6. The number of carbonyl (C=O) groups excluding carboxylic acids is 2. The number of nitrogens with one attached hydrogen (secondary N) is 2. The number of carbonyl (C=O) groups is 3. The van der Waals surface area contributed by atoms with Gasteiger partial charge in [-0.25, -0.2) is 36.8 Å². The second-order valence-electron chi connectivity index (χ2n) is 13.2. The first kappa shape index (κ1) is 51.9. The fourth-order valence-electron chi connectivity index (χ4n) is 5.65. The predicted octanol–water partition coefficient (Wildman–Crippen LogP) is 6.46. The van der Waals surface area contributed by atoms with Gasteiger partial charge < -0.3 is 24.1 Å². The Morgan fingerprint density at radius 1 is 0.970 bits per heavy atom. The van der Waals surface area contributed by atoms with Crippen molar-refractivity contribution in [3.8, 4) is 17.5 Å². The average molecular weight is 1040 g/mol. The topological polar surface area (TPSA) is 257 Å². The smallest absolute Gasteiger partial charge is 0.341 e. The van der Waals surface area contributed by atoms with E-state index in [9.17, 15) is 32.0 Å². The summed E-state index contributed by atoms with van der Waals surface area (Å²) in [5, 5.41) is 12.2. The molecule has 1 aliphatic rings. The second-order valence-corrected chi connectivity index (χ2v) is 18.0. The van der Waals surface area contributed by atoms with E-state index in [1.54, 1.807) is 52.8 Å². The summed E-state index contributed by atoms with van der Waals surface area (Å²) in [4.78, 5) is 66.4. The summed E-state index contributed by atoms with van der Waals surface area (Å²) in [6.45, 7) is 2.61. The van der Waals surface area contributed by atoms with E-state index >= 15 is 0 Å². The number of carboxylic acid groups (broad SMARTS) is 1. The van der Waals surface area contributed by atoms with Gasteiger partial charge >= 0.3 is 28.9 Å². The third kappa shape index (κ3) is 14.7. The molecule has 27 heteroatoms. The first-order chi connectivity index (χ1) is 32.0. The zero-order valence-corrected chi connectivity index (χ0v) is 40.1. The largest absolute Gasteiger partial charge is 0.491 e. The Morgan fingerprint density at radius 3 is 2.43 bits per heavy atom. The van der Waals surface area contributed by atoms with Gasteiger partial charge in [-0.3, -0.25) is 24.6 Å². The number of aryl methyl sites for hydroxylation is 1. The number of para-hydroxylation sites is 1. The number of aromatic nitrogens is 6. The lowest BCUT2D eigenvalue weighted by atomic mass is 10.2. The van der Waals surface area contributed by atoms with Gasteiger partial charge in [0.25, 0.3) is 10.0 Å². The third-order valence-electron chi connectivity index (χ3n) is 8.55. The molecule has 0 spiro atoms. The van der Waals surface area contributed by atoms with Crippen molar-refractivity contribution in [3.05, 3.63) is 103 Å². The summed E-state index contributed by atoms with van der Waals surface area (Å²) in [5.41, 5.74) is 0.649. The van der Waals surface area contributed by atoms with Crippen LogP contribution in [-0.4, -0.2) is 99.9 Å². The van der Waals surface area contributed by atoms with Crippen molar-refractivity contribution < 1.29 is 51.2 Å². The number of hydrogen-bond acceptors (Lipinski definition) is 17. The molecule has 0 saturated heterocycles. The minimum atomic E-state index is -4.20.